The van der Waals surface area contributed by atoms with Crippen molar-refractivity contribution in [1.82, 2.24) is 0 Å². The molecule has 1 aliphatic heterocycles. The molecule has 0 aliphatic carbocycles. The van der Waals surface area contributed by atoms with E-state index in [-0.39, 0.29) is 12.2 Å². The Kier molecular flexibility index (Phi) is 8.75. The molecule has 4 heteroatoms. The SMILES string of the molecule is CC1(C)O[C@@H](c2ccccc2P(c2ccccc2)c2ccccc2)[C@H](c2ccccc2P(c2ccccc2)c2ccccc2)O1. The molecule has 2 atom stereocenters. The average Bonchev–Trinajstić information content (AvgIpc) is 3.42. The van der Waals surface area contributed by atoms with Crippen molar-refractivity contribution in [2.75, 3.05) is 0 Å². The third-order valence-electron chi connectivity index (χ3n) is 8.12. The van der Waals surface area contributed by atoms with Gasteiger partial charge in [0.25, 0.3) is 0 Å². The van der Waals surface area contributed by atoms with E-state index >= 15 is 0 Å². The van der Waals surface area contributed by atoms with Crippen LogP contribution in [0, 0.1) is 0 Å². The standard InChI is InChI=1S/C41H36O2P2/c1-41(2)42-39(35-27-15-17-29-37(35)44(31-19-7-3-8-20-31)32-21-9-4-10-22-32)40(43-41)36-28-16-18-30-38(36)45(33-23-11-5-12-24-33)34-25-13-6-14-26-34/h3-30,39-40H,1-2H3/t39-,40-/m0/s1. The van der Waals surface area contributed by atoms with Crippen LogP contribution in [-0.4, -0.2) is 5.79 Å². The topological polar surface area (TPSA) is 18.5 Å². The average molecular weight is 623 g/mol. The third-order valence-corrected chi connectivity index (χ3v) is 13.2. The lowest BCUT2D eigenvalue weighted by molar-refractivity contribution is -0.147. The van der Waals surface area contributed by atoms with Crippen molar-refractivity contribution in [3.63, 3.8) is 0 Å². The van der Waals surface area contributed by atoms with Crippen molar-refractivity contribution in [2.24, 2.45) is 0 Å². The van der Waals surface area contributed by atoms with E-state index in [1.54, 1.807) is 0 Å². The Morgan fingerprint density at radius 3 is 0.956 bits per heavy atom. The maximum atomic E-state index is 6.91. The number of ether oxygens (including phenoxy) is 2. The third kappa shape index (κ3) is 6.30. The van der Waals surface area contributed by atoms with Crippen molar-refractivity contribution in [3.8, 4) is 0 Å². The van der Waals surface area contributed by atoms with Crippen LogP contribution < -0.4 is 31.8 Å². The van der Waals surface area contributed by atoms with Gasteiger partial charge >= 0.3 is 0 Å². The molecule has 0 radical (unpaired) electrons. The van der Waals surface area contributed by atoms with Crippen LogP contribution in [0.3, 0.4) is 0 Å². The molecule has 0 bridgehead atoms. The Morgan fingerprint density at radius 1 is 0.378 bits per heavy atom. The normalized spacial score (nSPS) is 17.5. The van der Waals surface area contributed by atoms with Crippen LogP contribution in [-0.2, 0) is 9.47 Å². The van der Waals surface area contributed by atoms with Gasteiger partial charge in [0.2, 0.25) is 0 Å². The van der Waals surface area contributed by atoms with Gasteiger partial charge in [-0.2, -0.15) is 0 Å². The second kappa shape index (κ2) is 13.2. The Labute approximate surface area is 269 Å². The molecule has 1 saturated heterocycles. The van der Waals surface area contributed by atoms with Gasteiger partial charge in [0.05, 0.1) is 0 Å². The second-order valence-corrected chi connectivity index (χ2v) is 16.0. The molecule has 7 rings (SSSR count). The number of benzene rings is 6. The number of rotatable bonds is 8. The van der Waals surface area contributed by atoms with Gasteiger partial charge in [-0.15, -0.1) is 0 Å². The van der Waals surface area contributed by atoms with Crippen LogP contribution in [0.5, 0.6) is 0 Å². The number of hydrogen-bond donors (Lipinski definition) is 0. The lowest BCUT2D eigenvalue weighted by atomic mass is 9.98. The molecule has 0 N–H and O–H groups in total. The number of hydrogen-bond acceptors (Lipinski definition) is 2. The minimum atomic E-state index is -0.826. The van der Waals surface area contributed by atoms with Gasteiger partial charge in [-0.05, 0) is 72.6 Å². The van der Waals surface area contributed by atoms with Gasteiger partial charge in [-0.1, -0.05) is 170 Å². The molecule has 45 heavy (non-hydrogen) atoms. The Balaban J connectivity index is 1.39. The molecule has 0 amide bonds. The monoisotopic (exact) mass is 622 g/mol. The second-order valence-electron chi connectivity index (χ2n) is 11.6. The highest BCUT2D eigenvalue weighted by Gasteiger charge is 2.45. The van der Waals surface area contributed by atoms with E-state index in [0.717, 1.165) is 0 Å². The summed E-state index contributed by atoms with van der Waals surface area (Å²) in [5.74, 6) is -0.750. The van der Waals surface area contributed by atoms with Crippen LogP contribution in [0.2, 0.25) is 0 Å². The molecular weight excluding hydrogens is 586 g/mol. The van der Waals surface area contributed by atoms with E-state index in [0.29, 0.717) is 0 Å². The smallest absolute Gasteiger partial charge is 0.164 e. The summed E-state index contributed by atoms with van der Waals surface area (Å²) in [5, 5.41) is 7.87. The van der Waals surface area contributed by atoms with E-state index in [1.807, 2.05) is 13.8 Å². The fraction of sp³-hybridized carbons (Fsp3) is 0.122. The predicted octanol–water partition coefficient (Wildman–Crippen LogP) is 7.77. The minimum Gasteiger partial charge on any atom is -0.339 e. The first-order valence-corrected chi connectivity index (χ1v) is 18.1. The summed E-state index contributed by atoms with van der Waals surface area (Å²) in [4.78, 5) is 0. The van der Waals surface area contributed by atoms with E-state index in [4.69, 9.17) is 9.47 Å². The molecule has 6 aromatic rings. The first-order chi connectivity index (χ1) is 22.1. The molecule has 0 spiro atoms. The Morgan fingerprint density at radius 2 is 0.644 bits per heavy atom. The summed E-state index contributed by atoms with van der Waals surface area (Å²) >= 11 is 0. The zero-order valence-corrected chi connectivity index (χ0v) is 27.3. The van der Waals surface area contributed by atoms with Crippen molar-refractivity contribution in [2.45, 2.75) is 31.8 Å². The van der Waals surface area contributed by atoms with Crippen LogP contribution in [0.1, 0.15) is 37.2 Å². The predicted molar refractivity (Wildman–Crippen MR) is 192 cm³/mol. The maximum Gasteiger partial charge on any atom is 0.164 e. The lowest BCUT2D eigenvalue weighted by Crippen LogP contribution is -2.28. The van der Waals surface area contributed by atoms with Gasteiger partial charge < -0.3 is 9.47 Å². The van der Waals surface area contributed by atoms with Gasteiger partial charge in [0, 0.05) is 0 Å². The fourth-order valence-corrected chi connectivity index (χ4v) is 11.2. The molecule has 0 unspecified atom stereocenters. The minimum absolute atomic E-state index is 0.279. The quantitative estimate of drug-likeness (QED) is 0.162. The summed E-state index contributed by atoms with van der Waals surface area (Å²) in [7, 11) is -1.65. The molecule has 222 valence electrons. The molecule has 1 aliphatic rings. The zero-order chi connectivity index (χ0) is 30.6. The van der Waals surface area contributed by atoms with Crippen LogP contribution in [0.25, 0.3) is 0 Å². The highest BCUT2D eigenvalue weighted by molar-refractivity contribution is 7.80. The molecule has 1 fully saturated rings. The van der Waals surface area contributed by atoms with Crippen LogP contribution in [0.15, 0.2) is 170 Å². The van der Waals surface area contributed by atoms with Crippen molar-refractivity contribution < 1.29 is 9.47 Å². The van der Waals surface area contributed by atoms with Gasteiger partial charge in [-0.25, -0.2) is 0 Å². The van der Waals surface area contributed by atoms with E-state index in [9.17, 15) is 0 Å². The van der Waals surface area contributed by atoms with E-state index in [2.05, 4.69) is 170 Å². The van der Waals surface area contributed by atoms with Crippen molar-refractivity contribution in [1.29, 1.82) is 0 Å². The molecule has 0 saturated carbocycles. The molecular formula is C41H36O2P2. The first kappa shape index (κ1) is 29.8. The summed E-state index contributed by atoms with van der Waals surface area (Å²) in [5.41, 5.74) is 2.37. The lowest BCUT2D eigenvalue weighted by Gasteiger charge is -2.28. The Hall–Kier alpha value is -3.90. The first-order valence-electron chi connectivity index (χ1n) is 15.4. The fourth-order valence-electron chi connectivity index (χ4n) is 6.24. The van der Waals surface area contributed by atoms with E-state index < -0.39 is 21.6 Å². The highest BCUT2D eigenvalue weighted by atomic mass is 31.1. The molecule has 6 aromatic carbocycles. The van der Waals surface area contributed by atoms with Crippen molar-refractivity contribution in [3.05, 3.63) is 181 Å². The largest absolute Gasteiger partial charge is 0.339 e. The maximum absolute atomic E-state index is 6.91. The summed E-state index contributed by atoms with van der Waals surface area (Å²) in [6.07, 6.45) is -0.559. The van der Waals surface area contributed by atoms with E-state index in [1.165, 1.54) is 43.0 Å². The molecule has 2 nitrogen and oxygen atoms in total. The van der Waals surface area contributed by atoms with Gasteiger partial charge in [0.1, 0.15) is 12.2 Å². The van der Waals surface area contributed by atoms with Crippen LogP contribution in [0.4, 0.5) is 0 Å². The van der Waals surface area contributed by atoms with Crippen molar-refractivity contribution >= 4 is 47.7 Å². The molecule has 0 aromatic heterocycles. The summed E-state index contributed by atoms with van der Waals surface area (Å²) in [6.45, 7) is 4.08. The van der Waals surface area contributed by atoms with Crippen LogP contribution >= 0.6 is 15.8 Å². The van der Waals surface area contributed by atoms with Gasteiger partial charge in [0.15, 0.2) is 5.79 Å². The summed E-state index contributed by atoms with van der Waals surface area (Å²) in [6, 6.07) is 61.2. The molecule has 1 heterocycles. The van der Waals surface area contributed by atoms with Gasteiger partial charge in [-0.3, -0.25) is 0 Å². The Bertz CT molecular complexity index is 1630. The zero-order valence-electron chi connectivity index (χ0n) is 25.5. The highest BCUT2D eigenvalue weighted by Crippen LogP contribution is 2.50. The summed E-state index contributed by atoms with van der Waals surface area (Å²) < 4.78 is 13.8.